The number of carbonyl (C=O) groups is 1. The fraction of sp³-hybridized carbons (Fsp3) is 0.211. The lowest BCUT2D eigenvalue weighted by Crippen LogP contribution is -2.03. The maximum Gasteiger partial charge on any atom is 0.348 e. The Hall–Kier alpha value is -2.69. The number of thioether (sulfide) groups is 1. The van der Waals surface area contributed by atoms with Gasteiger partial charge in [0.1, 0.15) is 21.3 Å². The van der Waals surface area contributed by atoms with Crippen LogP contribution in [0.2, 0.25) is 5.02 Å². The molecule has 4 aromatic rings. The zero-order chi connectivity index (χ0) is 21.3. The van der Waals surface area contributed by atoms with Crippen molar-refractivity contribution < 1.29 is 13.9 Å². The molecule has 0 spiro atoms. The van der Waals surface area contributed by atoms with E-state index in [1.807, 2.05) is 19.1 Å². The molecule has 3 aromatic heterocycles. The number of nitrogen functional groups attached to an aromatic ring is 1. The van der Waals surface area contributed by atoms with Crippen molar-refractivity contribution in [2.24, 2.45) is 0 Å². The molecule has 2 N–H and O–H groups in total. The smallest absolute Gasteiger partial charge is 0.348 e. The van der Waals surface area contributed by atoms with E-state index < -0.39 is 0 Å². The Morgan fingerprint density at radius 3 is 2.77 bits per heavy atom. The van der Waals surface area contributed by atoms with E-state index in [0.717, 1.165) is 11.1 Å². The molecule has 3 heterocycles. The van der Waals surface area contributed by atoms with Crippen LogP contribution in [0, 0.1) is 6.92 Å². The number of aryl methyl sites for hydroxylation is 1. The summed E-state index contributed by atoms with van der Waals surface area (Å²) in [7, 11) is 0. The molecule has 0 unspecified atom stereocenters. The predicted octanol–water partition coefficient (Wildman–Crippen LogP) is 4.75. The van der Waals surface area contributed by atoms with E-state index >= 15 is 0 Å². The Morgan fingerprint density at radius 1 is 1.27 bits per heavy atom. The molecule has 0 saturated heterocycles. The average molecular weight is 462 g/mol. The molecule has 0 radical (unpaired) electrons. The molecule has 0 saturated carbocycles. The van der Waals surface area contributed by atoms with Gasteiger partial charge >= 0.3 is 5.97 Å². The molecule has 0 aliphatic carbocycles. The average Bonchev–Trinajstić information content (AvgIpc) is 3.32. The van der Waals surface area contributed by atoms with Crippen molar-refractivity contribution in [2.75, 3.05) is 12.3 Å². The highest BCUT2D eigenvalue weighted by Crippen LogP contribution is 2.34. The van der Waals surface area contributed by atoms with Crippen LogP contribution in [0.15, 0.2) is 33.9 Å². The second-order valence-corrected chi connectivity index (χ2v) is 8.51. The summed E-state index contributed by atoms with van der Waals surface area (Å²) >= 11 is 8.45. The standard InChI is InChI=1S/C19H16ClN5O3S2/c1-3-27-18(26)14-9(2)13-15(21)22-12(23-17(13)30-14)8-29-19-25-24-16(28-19)10-4-6-11(20)7-5-10/h4-7H,3,8H2,1-2H3,(H2,21,22,23). The second kappa shape index (κ2) is 8.58. The molecule has 0 fully saturated rings. The normalized spacial score (nSPS) is 11.2. The Labute approximate surface area is 184 Å². The topological polar surface area (TPSA) is 117 Å². The first kappa shape index (κ1) is 20.6. The zero-order valence-corrected chi connectivity index (χ0v) is 18.4. The van der Waals surface area contributed by atoms with Crippen molar-refractivity contribution in [1.29, 1.82) is 0 Å². The quantitative estimate of drug-likeness (QED) is 0.320. The third kappa shape index (κ3) is 4.11. The lowest BCUT2D eigenvalue weighted by molar-refractivity contribution is 0.0531. The summed E-state index contributed by atoms with van der Waals surface area (Å²) in [4.78, 5) is 22.2. The van der Waals surface area contributed by atoms with Gasteiger partial charge in [0, 0.05) is 10.6 Å². The van der Waals surface area contributed by atoms with Gasteiger partial charge in [0.2, 0.25) is 5.89 Å². The molecule has 0 atom stereocenters. The number of hydrogen-bond acceptors (Lipinski definition) is 10. The number of esters is 1. The van der Waals surface area contributed by atoms with E-state index in [4.69, 9.17) is 26.5 Å². The third-order valence-electron chi connectivity index (χ3n) is 4.15. The van der Waals surface area contributed by atoms with Gasteiger partial charge in [-0.3, -0.25) is 0 Å². The summed E-state index contributed by atoms with van der Waals surface area (Å²) in [6.45, 7) is 3.88. The lowest BCUT2D eigenvalue weighted by atomic mass is 10.2. The van der Waals surface area contributed by atoms with Gasteiger partial charge in [0.25, 0.3) is 5.22 Å². The fourth-order valence-electron chi connectivity index (χ4n) is 2.78. The number of ether oxygens (including phenoxy) is 1. The minimum atomic E-state index is -0.381. The van der Waals surface area contributed by atoms with E-state index in [1.165, 1.54) is 23.1 Å². The van der Waals surface area contributed by atoms with Crippen molar-refractivity contribution in [1.82, 2.24) is 20.2 Å². The number of carbonyl (C=O) groups excluding carboxylic acids is 1. The van der Waals surface area contributed by atoms with Gasteiger partial charge in [-0.25, -0.2) is 14.8 Å². The van der Waals surface area contributed by atoms with E-state index in [9.17, 15) is 4.79 Å². The number of nitrogens with zero attached hydrogens (tertiary/aromatic N) is 4. The third-order valence-corrected chi connectivity index (χ3v) is 6.38. The number of fused-ring (bicyclic) bond motifs is 1. The van der Waals surface area contributed by atoms with Gasteiger partial charge in [-0.05, 0) is 43.7 Å². The van der Waals surface area contributed by atoms with E-state index in [1.54, 1.807) is 19.1 Å². The summed E-state index contributed by atoms with van der Waals surface area (Å²) in [6, 6.07) is 7.13. The maximum atomic E-state index is 12.1. The first-order valence-electron chi connectivity index (χ1n) is 8.91. The molecule has 30 heavy (non-hydrogen) atoms. The van der Waals surface area contributed by atoms with Crippen LogP contribution in [-0.4, -0.2) is 32.7 Å². The van der Waals surface area contributed by atoms with Gasteiger partial charge in [0.15, 0.2) is 0 Å². The van der Waals surface area contributed by atoms with Crippen molar-refractivity contribution in [3.63, 3.8) is 0 Å². The van der Waals surface area contributed by atoms with E-state index in [2.05, 4.69) is 20.2 Å². The Morgan fingerprint density at radius 2 is 2.03 bits per heavy atom. The highest BCUT2D eigenvalue weighted by molar-refractivity contribution is 7.98. The molecular weight excluding hydrogens is 446 g/mol. The molecule has 1 aromatic carbocycles. The summed E-state index contributed by atoms with van der Waals surface area (Å²) in [5.74, 6) is 1.24. The molecular formula is C19H16ClN5O3S2. The van der Waals surface area contributed by atoms with Gasteiger partial charge < -0.3 is 14.9 Å². The van der Waals surface area contributed by atoms with Crippen LogP contribution in [0.25, 0.3) is 21.7 Å². The fourth-order valence-corrected chi connectivity index (χ4v) is 4.62. The van der Waals surface area contributed by atoms with Crippen LogP contribution in [0.1, 0.15) is 28.0 Å². The second-order valence-electron chi connectivity index (χ2n) is 6.15. The summed E-state index contributed by atoms with van der Waals surface area (Å²) in [6.07, 6.45) is 0. The van der Waals surface area contributed by atoms with Gasteiger partial charge in [-0.15, -0.1) is 21.5 Å². The van der Waals surface area contributed by atoms with Crippen LogP contribution in [-0.2, 0) is 10.5 Å². The number of rotatable bonds is 6. The highest BCUT2D eigenvalue weighted by Gasteiger charge is 2.20. The first-order chi connectivity index (χ1) is 14.5. The Bertz CT molecular complexity index is 1220. The number of aromatic nitrogens is 4. The van der Waals surface area contributed by atoms with Gasteiger partial charge in [0.05, 0.1) is 17.7 Å². The van der Waals surface area contributed by atoms with Crippen LogP contribution in [0.4, 0.5) is 5.82 Å². The number of nitrogens with two attached hydrogens (primary N) is 1. The van der Waals surface area contributed by atoms with Gasteiger partial charge in [-0.1, -0.05) is 23.4 Å². The van der Waals surface area contributed by atoms with Crippen LogP contribution < -0.4 is 5.73 Å². The minimum Gasteiger partial charge on any atom is -0.462 e. The minimum absolute atomic E-state index is 0.303. The maximum absolute atomic E-state index is 12.1. The van der Waals surface area contributed by atoms with Crippen molar-refractivity contribution in [2.45, 2.75) is 24.8 Å². The van der Waals surface area contributed by atoms with Gasteiger partial charge in [-0.2, -0.15) is 0 Å². The predicted molar refractivity (Wildman–Crippen MR) is 117 cm³/mol. The lowest BCUT2D eigenvalue weighted by Gasteiger charge is -2.02. The summed E-state index contributed by atoms with van der Waals surface area (Å²) in [5.41, 5.74) is 7.65. The van der Waals surface area contributed by atoms with Crippen LogP contribution >= 0.6 is 34.7 Å². The summed E-state index contributed by atoms with van der Waals surface area (Å²) in [5, 5.41) is 9.80. The molecule has 0 aliphatic heterocycles. The summed E-state index contributed by atoms with van der Waals surface area (Å²) < 4.78 is 10.8. The van der Waals surface area contributed by atoms with Crippen molar-refractivity contribution >= 4 is 56.7 Å². The van der Waals surface area contributed by atoms with E-state index in [0.29, 0.717) is 55.2 Å². The number of halogens is 1. The van der Waals surface area contributed by atoms with E-state index in [-0.39, 0.29) is 5.97 Å². The Kier molecular flexibility index (Phi) is 5.89. The molecule has 8 nitrogen and oxygen atoms in total. The van der Waals surface area contributed by atoms with Crippen LogP contribution in [0.3, 0.4) is 0 Å². The number of hydrogen-bond donors (Lipinski definition) is 1. The molecule has 11 heteroatoms. The van der Waals surface area contributed by atoms with Crippen molar-refractivity contribution in [3.8, 4) is 11.5 Å². The number of thiophene rings is 1. The molecule has 4 rings (SSSR count). The van der Waals surface area contributed by atoms with Crippen LogP contribution in [0.5, 0.6) is 0 Å². The molecule has 154 valence electrons. The zero-order valence-electron chi connectivity index (χ0n) is 16.0. The molecule has 0 aliphatic rings. The van der Waals surface area contributed by atoms with Crippen molar-refractivity contribution in [3.05, 3.63) is 45.6 Å². The largest absolute Gasteiger partial charge is 0.462 e. The number of anilines is 1. The highest BCUT2D eigenvalue weighted by atomic mass is 35.5. The molecule has 0 bridgehead atoms. The number of benzene rings is 1. The molecule has 0 amide bonds. The SMILES string of the molecule is CCOC(=O)c1sc2nc(CSc3nnc(-c4ccc(Cl)cc4)o3)nc(N)c2c1C. The first-order valence-corrected chi connectivity index (χ1v) is 11.1. The monoisotopic (exact) mass is 461 g/mol. The Balaban J connectivity index is 1.53.